The van der Waals surface area contributed by atoms with Crippen LogP contribution in [0.15, 0.2) is 0 Å². The molecule has 1 saturated heterocycles. The zero-order valence-corrected chi connectivity index (χ0v) is 10.8. The highest BCUT2D eigenvalue weighted by molar-refractivity contribution is 7.15. The quantitative estimate of drug-likeness (QED) is 0.859. The molecule has 2 N–H and O–H groups in total. The normalized spacial score (nSPS) is 17.0. The lowest BCUT2D eigenvalue weighted by molar-refractivity contribution is -0.116. The topological polar surface area (TPSA) is 66.9 Å². The zero-order chi connectivity index (χ0) is 12.1. The number of rotatable bonds is 4. The van der Waals surface area contributed by atoms with Gasteiger partial charge in [0.05, 0.1) is 0 Å². The highest BCUT2D eigenvalue weighted by Crippen LogP contribution is 2.29. The van der Waals surface area contributed by atoms with Gasteiger partial charge in [-0.3, -0.25) is 4.79 Å². The number of carbonyl (C=O) groups is 1. The van der Waals surface area contributed by atoms with Crippen molar-refractivity contribution in [2.45, 2.75) is 38.5 Å². The number of nitrogens with one attached hydrogen (secondary N) is 2. The molecule has 1 amide bonds. The third-order valence-electron chi connectivity index (χ3n) is 2.85. The van der Waals surface area contributed by atoms with Gasteiger partial charge in [0.15, 0.2) is 0 Å². The molecule has 0 saturated carbocycles. The molecule has 17 heavy (non-hydrogen) atoms. The average molecular weight is 254 g/mol. The summed E-state index contributed by atoms with van der Waals surface area (Å²) in [5.41, 5.74) is 0. The first-order chi connectivity index (χ1) is 8.29. The van der Waals surface area contributed by atoms with Gasteiger partial charge >= 0.3 is 0 Å². The van der Waals surface area contributed by atoms with Gasteiger partial charge in [0.25, 0.3) is 0 Å². The van der Waals surface area contributed by atoms with Gasteiger partial charge < -0.3 is 10.6 Å². The van der Waals surface area contributed by atoms with E-state index in [1.807, 2.05) is 6.92 Å². The fourth-order valence-electron chi connectivity index (χ4n) is 1.93. The number of aromatic nitrogens is 2. The van der Waals surface area contributed by atoms with Crippen LogP contribution in [0.2, 0.25) is 0 Å². The Balaban J connectivity index is 1.93. The van der Waals surface area contributed by atoms with Crippen LogP contribution in [-0.4, -0.2) is 29.2 Å². The minimum Gasteiger partial charge on any atom is -0.317 e. The molecular formula is C11H18N4OS. The van der Waals surface area contributed by atoms with Gasteiger partial charge in [-0.05, 0) is 32.4 Å². The van der Waals surface area contributed by atoms with Crippen molar-refractivity contribution in [3.05, 3.63) is 5.01 Å². The van der Waals surface area contributed by atoms with E-state index in [0.717, 1.165) is 37.4 Å². The monoisotopic (exact) mass is 254 g/mol. The molecule has 2 heterocycles. The van der Waals surface area contributed by atoms with Crippen molar-refractivity contribution in [2.75, 3.05) is 18.4 Å². The van der Waals surface area contributed by atoms with Crippen molar-refractivity contribution in [3.63, 3.8) is 0 Å². The van der Waals surface area contributed by atoms with E-state index in [2.05, 4.69) is 20.8 Å². The molecule has 0 spiro atoms. The Morgan fingerprint density at radius 3 is 2.94 bits per heavy atom. The van der Waals surface area contributed by atoms with Crippen molar-refractivity contribution in [2.24, 2.45) is 0 Å². The number of piperidine rings is 1. The smallest absolute Gasteiger partial charge is 0.226 e. The van der Waals surface area contributed by atoms with Gasteiger partial charge in [0.1, 0.15) is 5.01 Å². The van der Waals surface area contributed by atoms with E-state index in [1.54, 1.807) is 0 Å². The van der Waals surface area contributed by atoms with E-state index < -0.39 is 0 Å². The molecule has 0 unspecified atom stereocenters. The molecule has 0 aliphatic carbocycles. The molecule has 1 aromatic rings. The minimum absolute atomic E-state index is 0.0283. The maximum absolute atomic E-state index is 11.4. The summed E-state index contributed by atoms with van der Waals surface area (Å²) in [4.78, 5) is 11.4. The Hall–Kier alpha value is -1.01. The molecule has 2 rings (SSSR count). The second-order valence-corrected chi connectivity index (χ2v) is 5.28. The predicted octanol–water partition coefficient (Wildman–Crippen LogP) is 1.74. The van der Waals surface area contributed by atoms with Crippen molar-refractivity contribution >= 4 is 22.4 Å². The van der Waals surface area contributed by atoms with Gasteiger partial charge in [-0.2, -0.15) is 0 Å². The largest absolute Gasteiger partial charge is 0.317 e. The molecule has 0 atom stereocenters. The second kappa shape index (κ2) is 6.07. The van der Waals surface area contributed by atoms with Crippen molar-refractivity contribution in [3.8, 4) is 0 Å². The Bertz CT molecular complexity index is 373. The van der Waals surface area contributed by atoms with E-state index in [1.165, 1.54) is 11.3 Å². The number of amides is 1. The summed E-state index contributed by atoms with van der Waals surface area (Å²) in [6.07, 6.45) is 3.61. The van der Waals surface area contributed by atoms with Crippen LogP contribution in [0.25, 0.3) is 0 Å². The van der Waals surface area contributed by atoms with Crippen molar-refractivity contribution < 1.29 is 4.79 Å². The highest BCUT2D eigenvalue weighted by atomic mass is 32.1. The molecule has 1 aromatic heterocycles. The predicted molar refractivity (Wildman–Crippen MR) is 68.3 cm³/mol. The third kappa shape index (κ3) is 3.47. The molecule has 0 aromatic carbocycles. The van der Waals surface area contributed by atoms with Gasteiger partial charge in [-0.15, -0.1) is 10.2 Å². The Morgan fingerprint density at radius 2 is 2.24 bits per heavy atom. The fraction of sp³-hybridized carbons (Fsp3) is 0.727. The fourth-order valence-corrected chi connectivity index (χ4v) is 2.86. The van der Waals surface area contributed by atoms with Crippen LogP contribution in [0.3, 0.4) is 0 Å². The number of hydrogen-bond acceptors (Lipinski definition) is 5. The lowest BCUT2D eigenvalue weighted by atomic mass is 9.99. The molecular weight excluding hydrogens is 236 g/mol. The van der Waals surface area contributed by atoms with E-state index >= 15 is 0 Å². The number of anilines is 1. The van der Waals surface area contributed by atoms with Crippen LogP contribution in [0.5, 0.6) is 0 Å². The minimum atomic E-state index is 0.0283. The first-order valence-corrected chi connectivity index (χ1v) is 6.95. The number of carbonyl (C=O) groups excluding carboxylic acids is 1. The van der Waals surface area contributed by atoms with Crippen LogP contribution < -0.4 is 10.6 Å². The van der Waals surface area contributed by atoms with Crippen LogP contribution in [-0.2, 0) is 4.79 Å². The van der Waals surface area contributed by atoms with Crippen LogP contribution in [0.1, 0.15) is 43.5 Å². The zero-order valence-electron chi connectivity index (χ0n) is 10.0. The Labute approximate surface area is 105 Å². The Morgan fingerprint density at radius 1 is 1.47 bits per heavy atom. The summed E-state index contributed by atoms with van der Waals surface area (Å²) >= 11 is 1.51. The average Bonchev–Trinajstić information content (AvgIpc) is 2.79. The van der Waals surface area contributed by atoms with Crippen LogP contribution in [0.4, 0.5) is 5.13 Å². The van der Waals surface area contributed by atoms with E-state index in [4.69, 9.17) is 0 Å². The van der Waals surface area contributed by atoms with E-state index in [-0.39, 0.29) is 5.91 Å². The summed E-state index contributed by atoms with van der Waals surface area (Å²) in [5.74, 6) is 0.533. The number of nitrogens with zero attached hydrogens (tertiary/aromatic N) is 2. The van der Waals surface area contributed by atoms with Crippen LogP contribution in [0, 0.1) is 0 Å². The lowest BCUT2D eigenvalue weighted by Gasteiger charge is -2.19. The van der Waals surface area contributed by atoms with Crippen molar-refractivity contribution in [1.82, 2.24) is 15.5 Å². The highest BCUT2D eigenvalue weighted by Gasteiger charge is 2.19. The van der Waals surface area contributed by atoms with Gasteiger partial charge in [0, 0.05) is 12.3 Å². The summed E-state index contributed by atoms with van der Waals surface area (Å²) in [5, 5.41) is 16.0. The number of hydrogen-bond donors (Lipinski definition) is 2. The second-order valence-electron chi connectivity index (χ2n) is 4.27. The maximum atomic E-state index is 11.4. The lowest BCUT2D eigenvalue weighted by Crippen LogP contribution is -2.26. The molecule has 1 aliphatic heterocycles. The van der Waals surface area contributed by atoms with Gasteiger partial charge in [-0.1, -0.05) is 18.3 Å². The van der Waals surface area contributed by atoms with E-state index in [0.29, 0.717) is 17.5 Å². The molecule has 1 aliphatic rings. The van der Waals surface area contributed by atoms with Crippen molar-refractivity contribution in [1.29, 1.82) is 0 Å². The van der Waals surface area contributed by atoms with Gasteiger partial charge in [0.2, 0.25) is 11.0 Å². The molecule has 5 nitrogen and oxygen atoms in total. The first kappa shape index (κ1) is 12.4. The molecule has 1 fully saturated rings. The summed E-state index contributed by atoms with van der Waals surface area (Å²) < 4.78 is 0. The summed E-state index contributed by atoms with van der Waals surface area (Å²) in [6, 6.07) is 0. The Kier molecular flexibility index (Phi) is 4.44. The molecule has 6 heteroatoms. The summed E-state index contributed by atoms with van der Waals surface area (Å²) in [6.45, 7) is 4.07. The van der Waals surface area contributed by atoms with Gasteiger partial charge in [-0.25, -0.2) is 0 Å². The maximum Gasteiger partial charge on any atom is 0.226 e. The first-order valence-electron chi connectivity index (χ1n) is 6.13. The molecule has 94 valence electrons. The van der Waals surface area contributed by atoms with E-state index in [9.17, 15) is 4.79 Å². The standard InChI is InChI=1S/C11H18N4OS/c1-2-3-9(16)13-11-15-14-10(17-11)8-4-6-12-7-5-8/h8,12H,2-7H2,1H3,(H,13,15,16). The van der Waals surface area contributed by atoms with Crippen LogP contribution >= 0.6 is 11.3 Å². The SMILES string of the molecule is CCCC(=O)Nc1nnc(C2CCNCC2)s1. The molecule has 0 bridgehead atoms. The molecule has 0 radical (unpaired) electrons. The summed E-state index contributed by atoms with van der Waals surface area (Å²) in [7, 11) is 0. The third-order valence-corrected chi connectivity index (χ3v) is 3.85.